The lowest BCUT2D eigenvalue weighted by Gasteiger charge is -2.27. The Kier molecular flexibility index (Phi) is 4.22. The van der Waals surface area contributed by atoms with Gasteiger partial charge < -0.3 is 4.98 Å². The summed E-state index contributed by atoms with van der Waals surface area (Å²) in [6.45, 7) is 2.84. The van der Waals surface area contributed by atoms with Gasteiger partial charge in [0.1, 0.15) is 5.82 Å². The Morgan fingerprint density at radius 2 is 1.92 bits per heavy atom. The maximum atomic E-state index is 12.3. The fourth-order valence-corrected chi connectivity index (χ4v) is 4.57. The number of hydrogen-bond acceptors (Lipinski definition) is 4. The highest BCUT2D eigenvalue weighted by Crippen LogP contribution is 2.33. The van der Waals surface area contributed by atoms with E-state index >= 15 is 0 Å². The van der Waals surface area contributed by atoms with E-state index in [9.17, 15) is 4.79 Å². The number of thioether (sulfide) groups is 1. The number of aromatic amines is 1. The molecule has 3 heterocycles. The molecule has 0 amide bonds. The molecule has 1 aromatic carbocycles. The van der Waals surface area contributed by atoms with Gasteiger partial charge in [-0.1, -0.05) is 12.1 Å². The van der Waals surface area contributed by atoms with E-state index in [1.807, 2.05) is 6.92 Å². The van der Waals surface area contributed by atoms with Gasteiger partial charge in [-0.25, -0.2) is 4.98 Å². The molecule has 2 aliphatic heterocycles. The monoisotopic (exact) mass is 341 g/mol. The number of nitrogens with zero attached hydrogens (tertiary/aromatic N) is 2. The zero-order chi connectivity index (χ0) is 16.7. The van der Waals surface area contributed by atoms with Crippen molar-refractivity contribution in [3.8, 4) is 0 Å². The molecular formula is C19H23N3OS. The van der Waals surface area contributed by atoms with Crippen LogP contribution in [0.4, 0.5) is 0 Å². The SMILES string of the molecule is CSc1ccc(CN2C3CCC2Cc2c(nc(C)[nH]c2=O)C3)cc1. The van der Waals surface area contributed by atoms with Gasteiger partial charge in [0.15, 0.2) is 0 Å². The van der Waals surface area contributed by atoms with Crippen molar-refractivity contribution < 1.29 is 0 Å². The van der Waals surface area contributed by atoms with Crippen molar-refractivity contribution >= 4 is 11.8 Å². The summed E-state index contributed by atoms with van der Waals surface area (Å²) in [5.74, 6) is 0.732. The van der Waals surface area contributed by atoms with Crippen LogP contribution in [-0.4, -0.2) is 33.2 Å². The number of fused-ring (bicyclic) bond motifs is 3. The fraction of sp³-hybridized carbons (Fsp3) is 0.474. The largest absolute Gasteiger partial charge is 0.311 e. The number of hydrogen-bond donors (Lipinski definition) is 1. The summed E-state index contributed by atoms with van der Waals surface area (Å²) in [6.07, 6.45) is 6.23. The predicted octanol–water partition coefficient (Wildman–Crippen LogP) is 2.93. The summed E-state index contributed by atoms with van der Waals surface area (Å²) in [5.41, 5.74) is 3.35. The number of aromatic nitrogens is 2. The van der Waals surface area contributed by atoms with E-state index in [1.165, 1.54) is 23.3 Å². The van der Waals surface area contributed by atoms with Crippen molar-refractivity contribution in [3.63, 3.8) is 0 Å². The van der Waals surface area contributed by atoms with Gasteiger partial charge in [-0.3, -0.25) is 9.69 Å². The smallest absolute Gasteiger partial charge is 0.254 e. The third-order valence-corrected chi connectivity index (χ3v) is 6.13. The predicted molar refractivity (Wildman–Crippen MR) is 97.6 cm³/mol. The summed E-state index contributed by atoms with van der Waals surface area (Å²) in [7, 11) is 0. The molecule has 2 atom stereocenters. The number of nitrogens with one attached hydrogen (secondary N) is 1. The summed E-state index contributed by atoms with van der Waals surface area (Å²) >= 11 is 1.77. The zero-order valence-corrected chi connectivity index (χ0v) is 15.0. The number of rotatable bonds is 3. The second kappa shape index (κ2) is 6.37. The molecule has 0 spiro atoms. The zero-order valence-electron chi connectivity index (χ0n) is 14.2. The van der Waals surface area contributed by atoms with Crippen LogP contribution in [0.2, 0.25) is 0 Å². The van der Waals surface area contributed by atoms with E-state index in [1.54, 1.807) is 11.8 Å². The summed E-state index contributed by atoms with van der Waals surface area (Å²) in [4.78, 5) is 23.7. The van der Waals surface area contributed by atoms with E-state index < -0.39 is 0 Å². The Labute approximate surface area is 146 Å². The highest BCUT2D eigenvalue weighted by atomic mass is 32.2. The van der Waals surface area contributed by atoms with Crippen LogP contribution in [0, 0.1) is 6.92 Å². The Bertz CT molecular complexity index is 799. The first-order valence-corrected chi connectivity index (χ1v) is 9.84. The number of benzene rings is 1. The molecular weight excluding hydrogens is 318 g/mol. The molecule has 1 N–H and O–H groups in total. The van der Waals surface area contributed by atoms with Gasteiger partial charge in [-0.15, -0.1) is 11.8 Å². The van der Waals surface area contributed by atoms with E-state index in [0.717, 1.165) is 36.5 Å². The molecule has 2 aliphatic rings. The van der Waals surface area contributed by atoms with E-state index in [2.05, 4.69) is 45.4 Å². The molecule has 2 bridgehead atoms. The van der Waals surface area contributed by atoms with E-state index in [-0.39, 0.29) is 5.56 Å². The second-order valence-electron chi connectivity index (χ2n) is 6.89. The van der Waals surface area contributed by atoms with Gasteiger partial charge in [-0.05, 0) is 50.1 Å². The van der Waals surface area contributed by atoms with Crippen molar-refractivity contribution in [2.75, 3.05) is 6.26 Å². The topological polar surface area (TPSA) is 49.0 Å². The molecule has 24 heavy (non-hydrogen) atoms. The minimum absolute atomic E-state index is 0.0642. The summed E-state index contributed by atoms with van der Waals surface area (Å²) < 4.78 is 0. The average Bonchev–Trinajstić information content (AvgIpc) is 2.84. The molecule has 0 radical (unpaired) electrons. The molecule has 4 nitrogen and oxygen atoms in total. The standard InChI is InChI=1S/C19H23N3OS/c1-12-20-18-10-15-6-5-14(9-17(18)19(23)21-12)22(15)11-13-3-7-16(24-2)8-4-13/h3-4,7-8,14-15H,5-6,9-11H2,1-2H3,(H,20,21,23). The third-order valence-electron chi connectivity index (χ3n) is 5.38. The quantitative estimate of drug-likeness (QED) is 0.872. The first kappa shape index (κ1) is 15.9. The van der Waals surface area contributed by atoms with Crippen molar-refractivity contribution in [1.82, 2.24) is 14.9 Å². The number of H-pyrrole nitrogens is 1. The van der Waals surface area contributed by atoms with Crippen LogP contribution in [0.25, 0.3) is 0 Å². The Balaban J connectivity index is 1.60. The lowest BCUT2D eigenvalue weighted by molar-refractivity contribution is 0.187. The van der Waals surface area contributed by atoms with Crippen LogP contribution in [0.5, 0.6) is 0 Å². The van der Waals surface area contributed by atoms with Crippen LogP contribution < -0.4 is 5.56 Å². The van der Waals surface area contributed by atoms with Gasteiger partial charge in [0.2, 0.25) is 0 Å². The minimum atomic E-state index is 0.0642. The second-order valence-corrected chi connectivity index (χ2v) is 7.77. The lowest BCUT2D eigenvalue weighted by atomic mass is 9.98. The maximum absolute atomic E-state index is 12.3. The van der Waals surface area contributed by atoms with E-state index in [0.29, 0.717) is 12.1 Å². The first-order chi connectivity index (χ1) is 11.6. The van der Waals surface area contributed by atoms with Crippen LogP contribution in [0.1, 0.15) is 35.5 Å². The Morgan fingerprint density at radius 1 is 1.21 bits per heavy atom. The molecule has 4 rings (SSSR count). The molecule has 2 aromatic rings. The van der Waals surface area contributed by atoms with Gasteiger partial charge in [0, 0.05) is 35.5 Å². The molecule has 2 unspecified atom stereocenters. The minimum Gasteiger partial charge on any atom is -0.311 e. The third kappa shape index (κ3) is 2.91. The van der Waals surface area contributed by atoms with Crippen molar-refractivity contribution in [2.45, 2.75) is 56.1 Å². The van der Waals surface area contributed by atoms with Crippen molar-refractivity contribution in [3.05, 3.63) is 57.3 Å². The average molecular weight is 341 g/mol. The summed E-state index contributed by atoms with van der Waals surface area (Å²) in [5, 5.41) is 0. The highest BCUT2D eigenvalue weighted by molar-refractivity contribution is 7.98. The van der Waals surface area contributed by atoms with Crippen LogP contribution >= 0.6 is 11.8 Å². The van der Waals surface area contributed by atoms with Crippen molar-refractivity contribution in [2.24, 2.45) is 0 Å². The normalized spacial score (nSPS) is 23.1. The molecule has 1 aromatic heterocycles. The molecule has 5 heteroatoms. The lowest BCUT2D eigenvalue weighted by Crippen LogP contribution is -2.36. The molecule has 0 saturated carbocycles. The van der Waals surface area contributed by atoms with Crippen LogP contribution in [-0.2, 0) is 19.4 Å². The number of aryl methyl sites for hydroxylation is 1. The fourth-order valence-electron chi connectivity index (χ4n) is 4.16. The van der Waals surface area contributed by atoms with Gasteiger partial charge in [0.25, 0.3) is 5.56 Å². The van der Waals surface area contributed by atoms with Gasteiger partial charge >= 0.3 is 0 Å². The molecule has 0 aliphatic carbocycles. The molecule has 1 saturated heterocycles. The van der Waals surface area contributed by atoms with E-state index in [4.69, 9.17) is 0 Å². The van der Waals surface area contributed by atoms with Gasteiger partial charge in [0.05, 0.1) is 5.69 Å². The molecule has 1 fully saturated rings. The van der Waals surface area contributed by atoms with Gasteiger partial charge in [-0.2, -0.15) is 0 Å². The molecule has 126 valence electrons. The van der Waals surface area contributed by atoms with Crippen molar-refractivity contribution in [1.29, 1.82) is 0 Å². The Morgan fingerprint density at radius 3 is 2.62 bits per heavy atom. The highest BCUT2D eigenvalue weighted by Gasteiger charge is 2.38. The first-order valence-electron chi connectivity index (χ1n) is 8.61. The van der Waals surface area contributed by atoms with Crippen LogP contribution in [0.3, 0.4) is 0 Å². The maximum Gasteiger partial charge on any atom is 0.254 e. The summed E-state index contributed by atoms with van der Waals surface area (Å²) in [6, 6.07) is 9.83. The Hall–Kier alpha value is -1.59. The van der Waals surface area contributed by atoms with Crippen LogP contribution in [0.15, 0.2) is 34.0 Å².